The summed E-state index contributed by atoms with van der Waals surface area (Å²) in [6.45, 7) is 11.1. The van der Waals surface area contributed by atoms with Gasteiger partial charge in [-0.1, -0.05) is 6.07 Å². The summed E-state index contributed by atoms with van der Waals surface area (Å²) >= 11 is 0. The largest absolute Gasteiger partial charge is 0.443 e. The zero-order valence-corrected chi connectivity index (χ0v) is 16.3. The van der Waals surface area contributed by atoms with Crippen LogP contribution in [-0.4, -0.2) is 30.3 Å². The number of aryl methyl sites for hydroxylation is 1. The minimum atomic E-state index is -0.622. The van der Waals surface area contributed by atoms with Crippen molar-refractivity contribution >= 4 is 23.4 Å². The van der Waals surface area contributed by atoms with E-state index in [1.807, 2.05) is 40.7 Å². The third kappa shape index (κ3) is 7.56. The Balaban J connectivity index is 2.71. The maximum absolute atomic E-state index is 12.3. The number of nitrogens with one attached hydrogen (secondary N) is 2. The molecule has 0 aliphatic heterocycles. The molecule has 0 fully saturated rings. The monoisotopic (exact) mass is 350 g/mol. The highest BCUT2D eigenvalue weighted by molar-refractivity contribution is 5.91. The fourth-order valence-corrected chi connectivity index (χ4v) is 2.18. The van der Waals surface area contributed by atoms with E-state index in [1.54, 1.807) is 19.2 Å². The molecule has 0 radical (unpaired) electrons. The lowest BCUT2D eigenvalue weighted by Gasteiger charge is -2.30. The van der Waals surface area contributed by atoms with Gasteiger partial charge in [-0.05, 0) is 65.2 Å². The first-order valence-corrected chi connectivity index (χ1v) is 8.37. The molecule has 2 N–H and O–H groups in total. The van der Waals surface area contributed by atoms with Crippen LogP contribution in [0, 0.1) is 6.92 Å². The van der Waals surface area contributed by atoms with Crippen LogP contribution >= 0.6 is 0 Å². The molecule has 2 amide bonds. The van der Waals surface area contributed by atoms with Gasteiger partial charge >= 0.3 is 6.09 Å². The molecule has 0 atom stereocenters. The molecular weight excluding hydrogens is 320 g/mol. The second-order valence-electron chi connectivity index (χ2n) is 7.45. The van der Waals surface area contributed by atoms with Crippen molar-refractivity contribution < 1.29 is 19.1 Å². The summed E-state index contributed by atoms with van der Waals surface area (Å²) in [6.07, 6.45) is 0.913. The van der Waals surface area contributed by atoms with Crippen molar-refractivity contribution in [1.29, 1.82) is 0 Å². The van der Waals surface area contributed by atoms with Gasteiger partial charge in [0.05, 0.1) is 5.60 Å². The second kappa shape index (κ2) is 8.34. The minimum absolute atomic E-state index is 0.167. The number of benzene rings is 1. The Bertz CT molecular complexity index is 624. The van der Waals surface area contributed by atoms with Crippen LogP contribution in [0.25, 0.3) is 0 Å². The number of amides is 2. The zero-order chi connectivity index (χ0) is 19.3. The first-order valence-electron chi connectivity index (χ1n) is 8.37. The van der Waals surface area contributed by atoms with Gasteiger partial charge in [-0.3, -0.25) is 10.1 Å². The molecule has 0 heterocycles. The average molecular weight is 350 g/mol. The molecule has 0 bridgehead atoms. The molecular formula is C19H30N2O4. The molecule has 0 spiro atoms. The summed E-state index contributed by atoms with van der Waals surface area (Å²) in [6, 6.07) is 5.32. The molecule has 1 aromatic carbocycles. The molecule has 6 nitrogen and oxygen atoms in total. The topological polar surface area (TPSA) is 76.7 Å². The molecule has 1 aromatic rings. The fourth-order valence-electron chi connectivity index (χ4n) is 2.18. The van der Waals surface area contributed by atoms with Crippen LogP contribution in [-0.2, 0) is 14.3 Å². The summed E-state index contributed by atoms with van der Waals surface area (Å²) in [7, 11) is 1.67. The standard InChI is InChI=1S/C19H30N2O4/c1-13-8-9-15(20-14(2)22)12-16(13)21-17(23)25-19(5,6)11-10-18(3,4)24-7/h8-9,12H,10-11H2,1-7H3,(H,20,22)(H,21,23). The highest BCUT2D eigenvalue weighted by atomic mass is 16.6. The van der Waals surface area contributed by atoms with E-state index in [4.69, 9.17) is 9.47 Å². The lowest BCUT2D eigenvalue weighted by Crippen LogP contribution is -2.34. The first-order chi connectivity index (χ1) is 11.4. The maximum Gasteiger partial charge on any atom is 0.412 e. The predicted octanol–water partition coefficient (Wildman–Crippen LogP) is 4.49. The number of ether oxygens (including phenoxy) is 2. The van der Waals surface area contributed by atoms with Gasteiger partial charge in [0.1, 0.15) is 5.60 Å². The maximum atomic E-state index is 12.3. The number of hydrogen-bond donors (Lipinski definition) is 2. The normalized spacial score (nSPS) is 11.8. The highest BCUT2D eigenvalue weighted by Gasteiger charge is 2.27. The van der Waals surface area contributed by atoms with Gasteiger partial charge in [-0.15, -0.1) is 0 Å². The molecule has 25 heavy (non-hydrogen) atoms. The van der Waals surface area contributed by atoms with Crippen LogP contribution in [0.5, 0.6) is 0 Å². The van der Waals surface area contributed by atoms with Gasteiger partial charge < -0.3 is 14.8 Å². The molecule has 0 aromatic heterocycles. The summed E-state index contributed by atoms with van der Waals surface area (Å²) in [5.41, 5.74) is 1.21. The second-order valence-corrected chi connectivity index (χ2v) is 7.45. The van der Waals surface area contributed by atoms with E-state index >= 15 is 0 Å². The van der Waals surface area contributed by atoms with Crippen molar-refractivity contribution in [1.82, 2.24) is 0 Å². The minimum Gasteiger partial charge on any atom is -0.443 e. The van der Waals surface area contributed by atoms with Crippen molar-refractivity contribution in [3.05, 3.63) is 23.8 Å². The number of carbonyl (C=O) groups is 2. The lowest BCUT2D eigenvalue weighted by molar-refractivity contribution is -0.114. The lowest BCUT2D eigenvalue weighted by atomic mass is 9.94. The number of rotatable bonds is 7. The molecule has 0 saturated heterocycles. The van der Waals surface area contributed by atoms with E-state index in [9.17, 15) is 9.59 Å². The van der Waals surface area contributed by atoms with Crippen LogP contribution in [0.4, 0.5) is 16.2 Å². The van der Waals surface area contributed by atoms with Crippen molar-refractivity contribution in [3.8, 4) is 0 Å². The van der Waals surface area contributed by atoms with E-state index in [-0.39, 0.29) is 11.5 Å². The average Bonchev–Trinajstić information content (AvgIpc) is 2.48. The Hall–Kier alpha value is -2.08. The summed E-state index contributed by atoms with van der Waals surface area (Å²) in [4.78, 5) is 23.4. The summed E-state index contributed by atoms with van der Waals surface area (Å²) < 4.78 is 11.0. The number of carbonyl (C=O) groups excluding carboxylic acids is 2. The van der Waals surface area contributed by atoms with E-state index in [1.165, 1.54) is 6.92 Å². The first kappa shape index (κ1) is 21.0. The third-order valence-electron chi connectivity index (χ3n) is 4.05. The Morgan fingerprint density at radius 1 is 1.04 bits per heavy atom. The SMILES string of the molecule is COC(C)(C)CCC(C)(C)OC(=O)Nc1cc(NC(C)=O)ccc1C. The zero-order valence-electron chi connectivity index (χ0n) is 16.3. The van der Waals surface area contributed by atoms with Crippen molar-refractivity contribution in [3.63, 3.8) is 0 Å². The Morgan fingerprint density at radius 3 is 2.20 bits per heavy atom. The molecule has 6 heteroatoms. The van der Waals surface area contributed by atoms with E-state index in [0.717, 1.165) is 12.0 Å². The number of methoxy groups -OCH3 is 1. The van der Waals surface area contributed by atoms with E-state index < -0.39 is 11.7 Å². The fraction of sp³-hybridized carbons (Fsp3) is 0.579. The molecule has 1 rings (SSSR count). The number of anilines is 2. The van der Waals surface area contributed by atoms with Crippen molar-refractivity contribution in [2.45, 2.75) is 65.6 Å². The van der Waals surface area contributed by atoms with Crippen LogP contribution in [0.2, 0.25) is 0 Å². The van der Waals surface area contributed by atoms with Crippen LogP contribution < -0.4 is 10.6 Å². The third-order valence-corrected chi connectivity index (χ3v) is 4.05. The Morgan fingerprint density at radius 2 is 1.64 bits per heavy atom. The van der Waals surface area contributed by atoms with Gasteiger partial charge in [0.25, 0.3) is 0 Å². The molecule has 0 unspecified atom stereocenters. The molecule has 0 aliphatic rings. The van der Waals surface area contributed by atoms with Gasteiger partial charge in [0.2, 0.25) is 5.91 Å². The van der Waals surface area contributed by atoms with Crippen LogP contribution in [0.3, 0.4) is 0 Å². The van der Waals surface area contributed by atoms with E-state index in [2.05, 4.69) is 10.6 Å². The highest BCUT2D eigenvalue weighted by Crippen LogP contribution is 2.26. The number of hydrogen-bond acceptors (Lipinski definition) is 4. The Kier molecular flexibility index (Phi) is 6.99. The summed E-state index contributed by atoms with van der Waals surface area (Å²) in [5, 5.41) is 5.44. The van der Waals surface area contributed by atoms with Crippen LogP contribution in [0.1, 0.15) is 53.0 Å². The van der Waals surface area contributed by atoms with Gasteiger partial charge in [0, 0.05) is 25.4 Å². The summed E-state index contributed by atoms with van der Waals surface area (Å²) in [5.74, 6) is -0.167. The van der Waals surface area contributed by atoms with Gasteiger partial charge in [-0.2, -0.15) is 0 Å². The van der Waals surface area contributed by atoms with Crippen molar-refractivity contribution in [2.75, 3.05) is 17.7 Å². The van der Waals surface area contributed by atoms with Crippen LogP contribution in [0.15, 0.2) is 18.2 Å². The van der Waals surface area contributed by atoms with E-state index in [0.29, 0.717) is 17.8 Å². The van der Waals surface area contributed by atoms with Crippen molar-refractivity contribution in [2.24, 2.45) is 0 Å². The quantitative estimate of drug-likeness (QED) is 0.760. The molecule has 0 saturated carbocycles. The van der Waals surface area contributed by atoms with Gasteiger partial charge in [-0.25, -0.2) is 4.79 Å². The smallest absolute Gasteiger partial charge is 0.412 e. The molecule has 140 valence electrons. The predicted molar refractivity (Wildman–Crippen MR) is 100.0 cm³/mol. The van der Waals surface area contributed by atoms with Gasteiger partial charge in [0.15, 0.2) is 0 Å². The Labute approximate surface area is 150 Å². The molecule has 0 aliphatic carbocycles.